The van der Waals surface area contributed by atoms with Crippen LogP contribution in [0.2, 0.25) is 0 Å². The first kappa shape index (κ1) is 18.4. The predicted octanol–water partition coefficient (Wildman–Crippen LogP) is 3.59. The maximum absolute atomic E-state index is 12.8. The lowest BCUT2D eigenvalue weighted by Gasteiger charge is -2.19. The van der Waals surface area contributed by atoms with Gasteiger partial charge < -0.3 is 10.6 Å². The summed E-state index contributed by atoms with van der Waals surface area (Å²) in [5.74, 6) is 0.196. The van der Waals surface area contributed by atoms with Gasteiger partial charge in [0, 0.05) is 30.5 Å². The Labute approximate surface area is 168 Å². The minimum absolute atomic E-state index is 0.231. The number of hydrogen-bond donors (Lipinski definition) is 2. The van der Waals surface area contributed by atoms with Crippen LogP contribution in [0.15, 0.2) is 91.5 Å². The van der Waals surface area contributed by atoms with Gasteiger partial charge in [0.2, 0.25) is 5.95 Å². The lowest BCUT2D eigenvalue weighted by molar-refractivity contribution is 0.0931. The van der Waals surface area contributed by atoms with Gasteiger partial charge in [0.15, 0.2) is 0 Å². The highest BCUT2D eigenvalue weighted by Gasteiger charge is 2.17. The summed E-state index contributed by atoms with van der Waals surface area (Å²) in [5, 5.41) is 10.4. The normalized spacial score (nSPS) is 11.6. The van der Waals surface area contributed by atoms with Crippen LogP contribution in [0.4, 0.5) is 11.6 Å². The van der Waals surface area contributed by atoms with Crippen LogP contribution in [0.3, 0.4) is 0 Å². The SMILES string of the molecule is O=C(N[C@H](Cn1cccn1)c1ccccc1)c1cnc(Nc2ccccc2)nc1. The number of anilines is 2. The summed E-state index contributed by atoms with van der Waals surface area (Å²) < 4.78 is 1.79. The van der Waals surface area contributed by atoms with E-state index >= 15 is 0 Å². The van der Waals surface area contributed by atoms with E-state index < -0.39 is 0 Å². The lowest BCUT2D eigenvalue weighted by atomic mass is 10.1. The van der Waals surface area contributed by atoms with Gasteiger partial charge in [-0.3, -0.25) is 9.48 Å². The van der Waals surface area contributed by atoms with Gasteiger partial charge >= 0.3 is 0 Å². The van der Waals surface area contributed by atoms with Crippen LogP contribution in [0.25, 0.3) is 0 Å². The van der Waals surface area contributed by atoms with E-state index in [1.54, 1.807) is 10.9 Å². The molecule has 7 heteroatoms. The summed E-state index contributed by atoms with van der Waals surface area (Å²) in [6.07, 6.45) is 6.62. The molecule has 29 heavy (non-hydrogen) atoms. The maximum atomic E-state index is 12.8. The fraction of sp³-hybridized carbons (Fsp3) is 0.0909. The quantitative estimate of drug-likeness (QED) is 0.509. The summed E-state index contributed by atoms with van der Waals surface area (Å²) in [5.41, 5.74) is 2.28. The standard InChI is InChI=1S/C22H20N6O/c29-21(18-14-23-22(24-15-18)26-19-10-5-2-6-11-19)27-20(16-28-13-7-12-25-28)17-8-3-1-4-9-17/h1-15,20H,16H2,(H,27,29)(H,23,24,26)/t20-/m1/s1. The Balaban J connectivity index is 1.47. The molecule has 1 atom stereocenters. The van der Waals surface area contributed by atoms with E-state index in [1.807, 2.05) is 72.9 Å². The highest BCUT2D eigenvalue weighted by Crippen LogP contribution is 2.16. The number of rotatable bonds is 7. The fourth-order valence-corrected chi connectivity index (χ4v) is 2.92. The lowest BCUT2D eigenvalue weighted by Crippen LogP contribution is -2.31. The first-order valence-electron chi connectivity index (χ1n) is 9.25. The van der Waals surface area contributed by atoms with Crippen molar-refractivity contribution in [2.24, 2.45) is 0 Å². The summed E-state index contributed by atoms with van der Waals surface area (Å²) in [7, 11) is 0. The van der Waals surface area contributed by atoms with E-state index in [-0.39, 0.29) is 11.9 Å². The van der Waals surface area contributed by atoms with Crippen molar-refractivity contribution in [3.63, 3.8) is 0 Å². The van der Waals surface area contributed by atoms with E-state index in [0.29, 0.717) is 18.1 Å². The number of amides is 1. The molecule has 0 saturated carbocycles. The number of carbonyl (C=O) groups is 1. The van der Waals surface area contributed by atoms with Gasteiger partial charge in [0.25, 0.3) is 5.91 Å². The molecule has 0 fully saturated rings. The van der Waals surface area contributed by atoms with Crippen molar-refractivity contribution in [3.8, 4) is 0 Å². The molecule has 4 aromatic rings. The smallest absolute Gasteiger partial charge is 0.254 e. The second-order valence-electron chi connectivity index (χ2n) is 6.45. The van der Waals surface area contributed by atoms with Crippen molar-refractivity contribution in [3.05, 3.63) is 103 Å². The van der Waals surface area contributed by atoms with Gasteiger partial charge in [0.05, 0.1) is 18.2 Å². The molecular formula is C22H20N6O. The Hall–Kier alpha value is -4.00. The van der Waals surface area contributed by atoms with Crippen LogP contribution in [0.1, 0.15) is 22.0 Å². The molecule has 0 bridgehead atoms. The topological polar surface area (TPSA) is 84.7 Å². The molecule has 7 nitrogen and oxygen atoms in total. The van der Waals surface area contributed by atoms with Crippen LogP contribution in [0, 0.1) is 0 Å². The minimum atomic E-state index is -0.239. The van der Waals surface area contributed by atoms with Crippen LogP contribution >= 0.6 is 0 Å². The Morgan fingerprint density at radius 2 is 1.62 bits per heavy atom. The van der Waals surface area contributed by atoms with Gasteiger partial charge in [-0.05, 0) is 23.8 Å². The fourth-order valence-electron chi connectivity index (χ4n) is 2.92. The third kappa shape index (κ3) is 4.84. The first-order valence-corrected chi connectivity index (χ1v) is 9.25. The largest absolute Gasteiger partial charge is 0.343 e. The highest BCUT2D eigenvalue weighted by molar-refractivity contribution is 5.94. The predicted molar refractivity (Wildman–Crippen MR) is 111 cm³/mol. The summed E-state index contributed by atoms with van der Waals surface area (Å²) in [6, 6.07) is 21.1. The van der Waals surface area contributed by atoms with Gasteiger partial charge in [-0.1, -0.05) is 48.5 Å². The third-order valence-electron chi connectivity index (χ3n) is 4.38. The Kier molecular flexibility index (Phi) is 5.57. The number of hydrogen-bond acceptors (Lipinski definition) is 5. The van der Waals surface area contributed by atoms with E-state index in [2.05, 4.69) is 25.7 Å². The van der Waals surface area contributed by atoms with Gasteiger partial charge in [-0.25, -0.2) is 9.97 Å². The molecule has 4 rings (SSSR count). The molecule has 0 spiro atoms. The van der Waals surface area contributed by atoms with Gasteiger partial charge in [-0.15, -0.1) is 0 Å². The summed E-state index contributed by atoms with van der Waals surface area (Å²) in [6.45, 7) is 0.525. The second-order valence-corrected chi connectivity index (χ2v) is 6.45. The number of carbonyl (C=O) groups excluding carboxylic acids is 1. The molecule has 2 aromatic heterocycles. The molecule has 2 N–H and O–H groups in total. The first-order chi connectivity index (χ1) is 14.3. The van der Waals surface area contributed by atoms with Crippen LogP contribution in [0.5, 0.6) is 0 Å². The molecule has 0 radical (unpaired) electrons. The van der Waals surface area contributed by atoms with Crippen molar-refractivity contribution >= 4 is 17.5 Å². The monoisotopic (exact) mass is 384 g/mol. The van der Waals surface area contributed by atoms with E-state index in [4.69, 9.17) is 0 Å². The summed E-state index contributed by atoms with van der Waals surface area (Å²) in [4.78, 5) is 21.3. The van der Waals surface area contributed by atoms with Crippen LogP contribution in [-0.2, 0) is 6.54 Å². The number of para-hydroxylation sites is 1. The number of aromatic nitrogens is 4. The summed E-state index contributed by atoms with van der Waals surface area (Å²) >= 11 is 0. The Bertz CT molecular complexity index is 1030. The minimum Gasteiger partial charge on any atom is -0.343 e. The van der Waals surface area contributed by atoms with Gasteiger partial charge in [0.1, 0.15) is 0 Å². The third-order valence-corrected chi connectivity index (χ3v) is 4.38. The number of nitrogens with one attached hydrogen (secondary N) is 2. The molecule has 1 amide bonds. The van der Waals surface area contributed by atoms with E-state index in [9.17, 15) is 4.79 Å². The Morgan fingerprint density at radius 3 is 2.28 bits per heavy atom. The highest BCUT2D eigenvalue weighted by atomic mass is 16.1. The molecule has 144 valence electrons. The van der Waals surface area contributed by atoms with Crippen molar-refractivity contribution < 1.29 is 4.79 Å². The average Bonchev–Trinajstić information content (AvgIpc) is 3.28. The molecule has 0 saturated heterocycles. The van der Waals surface area contributed by atoms with Crippen molar-refractivity contribution in [1.82, 2.24) is 25.1 Å². The van der Waals surface area contributed by atoms with Crippen molar-refractivity contribution in [2.75, 3.05) is 5.32 Å². The van der Waals surface area contributed by atoms with Crippen molar-refractivity contribution in [1.29, 1.82) is 0 Å². The Morgan fingerprint density at radius 1 is 0.931 bits per heavy atom. The van der Waals surface area contributed by atoms with Crippen LogP contribution < -0.4 is 10.6 Å². The maximum Gasteiger partial charge on any atom is 0.254 e. The second kappa shape index (κ2) is 8.79. The molecule has 2 aromatic carbocycles. The molecule has 0 aliphatic rings. The molecule has 2 heterocycles. The number of benzene rings is 2. The van der Waals surface area contributed by atoms with Crippen LogP contribution in [-0.4, -0.2) is 25.7 Å². The van der Waals surface area contributed by atoms with E-state index in [1.165, 1.54) is 12.4 Å². The zero-order chi connectivity index (χ0) is 19.9. The van der Waals surface area contributed by atoms with Crippen molar-refractivity contribution in [2.45, 2.75) is 12.6 Å². The molecular weight excluding hydrogens is 364 g/mol. The zero-order valence-corrected chi connectivity index (χ0v) is 15.6. The molecule has 0 aliphatic carbocycles. The number of nitrogens with zero attached hydrogens (tertiary/aromatic N) is 4. The molecule has 0 unspecified atom stereocenters. The van der Waals surface area contributed by atoms with Gasteiger partial charge in [-0.2, -0.15) is 5.10 Å². The molecule has 0 aliphatic heterocycles. The average molecular weight is 384 g/mol. The van der Waals surface area contributed by atoms with E-state index in [0.717, 1.165) is 11.3 Å². The zero-order valence-electron chi connectivity index (χ0n) is 15.6.